The predicted molar refractivity (Wildman–Crippen MR) is 88.5 cm³/mol. The maximum absolute atomic E-state index is 11.9. The average Bonchev–Trinajstić information content (AvgIpc) is 3.06. The molecular formula is C16H15ClN4O. The summed E-state index contributed by atoms with van der Waals surface area (Å²) in [5.74, 6) is -0.196. The van der Waals surface area contributed by atoms with Crippen molar-refractivity contribution in [2.75, 3.05) is 5.73 Å². The van der Waals surface area contributed by atoms with E-state index in [2.05, 4.69) is 15.5 Å². The van der Waals surface area contributed by atoms with Crippen molar-refractivity contribution in [2.24, 2.45) is 5.10 Å². The number of H-pyrrole nitrogens is 1. The van der Waals surface area contributed by atoms with Gasteiger partial charge in [0, 0.05) is 17.6 Å². The summed E-state index contributed by atoms with van der Waals surface area (Å²) in [6.07, 6.45) is 4.89. The Kier molecular flexibility index (Phi) is 3.98. The number of nitrogens with zero attached hydrogens (tertiary/aromatic N) is 1. The molecule has 4 N–H and O–H groups in total. The number of nitrogens with one attached hydrogen (secondary N) is 2. The van der Waals surface area contributed by atoms with Crippen molar-refractivity contribution in [1.29, 1.82) is 0 Å². The molecule has 0 saturated heterocycles. The van der Waals surface area contributed by atoms with Crippen LogP contribution in [0.1, 0.15) is 17.7 Å². The number of benzene rings is 1. The fourth-order valence-electron chi connectivity index (χ4n) is 2.28. The topological polar surface area (TPSA) is 83.3 Å². The lowest BCUT2D eigenvalue weighted by atomic mass is 10.0. The van der Waals surface area contributed by atoms with Crippen LogP contribution in [0.25, 0.3) is 6.08 Å². The van der Waals surface area contributed by atoms with E-state index in [9.17, 15) is 4.79 Å². The van der Waals surface area contributed by atoms with Crippen molar-refractivity contribution in [3.05, 3.63) is 58.4 Å². The number of carbonyl (C=O) groups excluding carboxylic acids is 1. The predicted octanol–water partition coefficient (Wildman–Crippen LogP) is 2.75. The second kappa shape index (κ2) is 6.07. The van der Waals surface area contributed by atoms with E-state index in [0.29, 0.717) is 17.0 Å². The Bertz CT molecular complexity index is 759. The number of nitrogen functional groups attached to an aromatic ring is 1. The Morgan fingerprint density at radius 1 is 1.23 bits per heavy atom. The van der Waals surface area contributed by atoms with Crippen molar-refractivity contribution in [1.82, 2.24) is 10.4 Å². The standard InChI is InChI=1S/C16H15ClN4O/c17-11-7-13(19-9-11)8-14-15(20-21-16(14)22)6-3-10-1-4-12(18)5-2-10/h1-2,4-5,7-9,19H,3,6,18H2,(H,21,22). The Morgan fingerprint density at radius 2 is 2.00 bits per heavy atom. The number of hydrazone groups is 1. The van der Waals surface area contributed by atoms with Gasteiger partial charge in [0.25, 0.3) is 5.91 Å². The third-order valence-electron chi connectivity index (χ3n) is 3.45. The molecule has 0 aliphatic carbocycles. The summed E-state index contributed by atoms with van der Waals surface area (Å²) in [5, 5.41) is 4.71. The van der Waals surface area contributed by atoms with Crippen LogP contribution in [0.5, 0.6) is 0 Å². The molecule has 1 amide bonds. The summed E-state index contributed by atoms with van der Waals surface area (Å²) in [6.45, 7) is 0. The number of anilines is 1. The van der Waals surface area contributed by atoms with E-state index < -0.39 is 0 Å². The maximum atomic E-state index is 11.9. The number of aromatic nitrogens is 1. The highest BCUT2D eigenvalue weighted by Gasteiger charge is 2.22. The quantitative estimate of drug-likeness (QED) is 0.599. The monoisotopic (exact) mass is 314 g/mol. The molecule has 0 fully saturated rings. The number of aromatic amines is 1. The minimum absolute atomic E-state index is 0.196. The minimum Gasteiger partial charge on any atom is -0.399 e. The largest absolute Gasteiger partial charge is 0.399 e. The molecule has 112 valence electrons. The number of hydrogen-bond acceptors (Lipinski definition) is 3. The van der Waals surface area contributed by atoms with Gasteiger partial charge in [-0.1, -0.05) is 23.7 Å². The Labute approximate surface area is 132 Å². The summed E-state index contributed by atoms with van der Waals surface area (Å²) >= 11 is 5.87. The van der Waals surface area contributed by atoms with Gasteiger partial charge in [0.1, 0.15) is 0 Å². The summed E-state index contributed by atoms with van der Waals surface area (Å²) in [5.41, 5.74) is 12.1. The van der Waals surface area contributed by atoms with Crippen LogP contribution in [0.2, 0.25) is 5.02 Å². The number of amides is 1. The summed E-state index contributed by atoms with van der Waals surface area (Å²) in [6, 6.07) is 9.46. The first kappa shape index (κ1) is 14.4. The van der Waals surface area contributed by atoms with Crippen molar-refractivity contribution < 1.29 is 4.79 Å². The molecule has 0 unspecified atom stereocenters. The lowest BCUT2D eigenvalue weighted by molar-refractivity contribution is -0.116. The van der Waals surface area contributed by atoms with Crippen molar-refractivity contribution in [3.63, 3.8) is 0 Å². The molecule has 0 atom stereocenters. The first-order chi connectivity index (χ1) is 10.6. The number of aryl methyl sites for hydroxylation is 1. The van der Waals surface area contributed by atoms with Gasteiger partial charge in [0.2, 0.25) is 0 Å². The first-order valence-corrected chi connectivity index (χ1v) is 7.27. The summed E-state index contributed by atoms with van der Waals surface area (Å²) in [4.78, 5) is 14.9. The van der Waals surface area contributed by atoms with Crippen molar-refractivity contribution >= 4 is 35.0 Å². The number of nitrogens with two attached hydrogens (primary N) is 1. The molecule has 1 aliphatic heterocycles. The Hall–Kier alpha value is -2.53. The van der Waals surface area contributed by atoms with Crippen LogP contribution in [0.15, 0.2) is 47.2 Å². The van der Waals surface area contributed by atoms with Crippen molar-refractivity contribution in [3.8, 4) is 0 Å². The van der Waals surface area contributed by atoms with Gasteiger partial charge in [-0.05, 0) is 42.7 Å². The zero-order valence-corrected chi connectivity index (χ0v) is 12.5. The molecule has 1 aliphatic rings. The van der Waals surface area contributed by atoms with Gasteiger partial charge in [-0.15, -0.1) is 0 Å². The van der Waals surface area contributed by atoms with Gasteiger partial charge in [-0.3, -0.25) is 4.79 Å². The van der Waals surface area contributed by atoms with Gasteiger partial charge >= 0.3 is 0 Å². The minimum atomic E-state index is -0.196. The molecule has 2 heterocycles. The molecule has 6 heteroatoms. The van der Waals surface area contributed by atoms with E-state index in [0.717, 1.165) is 29.1 Å². The molecule has 2 aromatic rings. The summed E-state index contributed by atoms with van der Waals surface area (Å²) < 4.78 is 0. The summed E-state index contributed by atoms with van der Waals surface area (Å²) in [7, 11) is 0. The lowest BCUT2D eigenvalue weighted by Gasteiger charge is -2.03. The molecular weight excluding hydrogens is 300 g/mol. The third-order valence-corrected chi connectivity index (χ3v) is 3.67. The maximum Gasteiger partial charge on any atom is 0.273 e. The van der Waals surface area contributed by atoms with Crippen LogP contribution in [-0.4, -0.2) is 16.6 Å². The molecule has 0 bridgehead atoms. The zero-order chi connectivity index (χ0) is 15.5. The fourth-order valence-corrected chi connectivity index (χ4v) is 2.45. The molecule has 22 heavy (non-hydrogen) atoms. The average molecular weight is 315 g/mol. The van der Waals surface area contributed by atoms with E-state index in [1.54, 1.807) is 18.3 Å². The number of rotatable bonds is 4. The van der Waals surface area contributed by atoms with E-state index in [1.165, 1.54) is 0 Å². The van der Waals surface area contributed by atoms with Gasteiger partial charge in [0.05, 0.1) is 16.3 Å². The van der Waals surface area contributed by atoms with E-state index in [4.69, 9.17) is 17.3 Å². The van der Waals surface area contributed by atoms with E-state index in [1.807, 2.05) is 24.3 Å². The Morgan fingerprint density at radius 3 is 2.68 bits per heavy atom. The zero-order valence-electron chi connectivity index (χ0n) is 11.8. The second-order valence-electron chi connectivity index (χ2n) is 5.07. The van der Waals surface area contributed by atoms with Crippen LogP contribution < -0.4 is 11.2 Å². The van der Waals surface area contributed by atoms with Gasteiger partial charge in [0.15, 0.2) is 0 Å². The van der Waals surface area contributed by atoms with Crippen LogP contribution in [0.4, 0.5) is 5.69 Å². The molecule has 1 aromatic heterocycles. The molecule has 3 rings (SSSR count). The molecule has 0 radical (unpaired) electrons. The molecule has 5 nitrogen and oxygen atoms in total. The fraction of sp³-hybridized carbons (Fsp3) is 0.125. The molecule has 0 saturated carbocycles. The van der Waals surface area contributed by atoms with Crippen LogP contribution in [0, 0.1) is 0 Å². The van der Waals surface area contributed by atoms with Crippen molar-refractivity contribution in [2.45, 2.75) is 12.8 Å². The van der Waals surface area contributed by atoms with E-state index >= 15 is 0 Å². The van der Waals surface area contributed by atoms with Crippen LogP contribution in [-0.2, 0) is 11.2 Å². The normalized spacial score (nSPS) is 16.0. The highest BCUT2D eigenvalue weighted by molar-refractivity contribution is 6.31. The van der Waals surface area contributed by atoms with Crippen LogP contribution >= 0.6 is 11.6 Å². The third kappa shape index (κ3) is 3.20. The first-order valence-electron chi connectivity index (χ1n) is 6.89. The van der Waals surface area contributed by atoms with Gasteiger partial charge in [-0.2, -0.15) is 5.10 Å². The second-order valence-corrected chi connectivity index (χ2v) is 5.51. The lowest BCUT2D eigenvalue weighted by Crippen LogP contribution is -2.13. The smallest absolute Gasteiger partial charge is 0.273 e. The van der Waals surface area contributed by atoms with Gasteiger partial charge < -0.3 is 10.7 Å². The SMILES string of the molecule is Nc1ccc(CCC2=NNC(=O)C2=Cc2cc(Cl)c[nH]2)cc1. The molecule has 1 aromatic carbocycles. The van der Waals surface area contributed by atoms with Gasteiger partial charge in [-0.25, -0.2) is 5.43 Å². The molecule has 0 spiro atoms. The highest BCUT2D eigenvalue weighted by Crippen LogP contribution is 2.18. The van der Waals surface area contributed by atoms with Crippen LogP contribution in [0.3, 0.4) is 0 Å². The highest BCUT2D eigenvalue weighted by atomic mass is 35.5. The Balaban J connectivity index is 1.73. The number of halogens is 1. The number of carbonyl (C=O) groups is 1. The van der Waals surface area contributed by atoms with E-state index in [-0.39, 0.29) is 5.91 Å². The number of hydrogen-bond donors (Lipinski definition) is 3.